The van der Waals surface area contributed by atoms with Crippen LogP contribution in [0.3, 0.4) is 0 Å². The maximum atomic E-state index is 13.3. The number of carbonyl (C=O) groups excluding carboxylic acids is 2. The van der Waals surface area contributed by atoms with E-state index in [0.29, 0.717) is 30.2 Å². The molecule has 0 saturated carbocycles. The second-order valence-electron chi connectivity index (χ2n) is 7.92. The first-order chi connectivity index (χ1) is 15.6. The summed E-state index contributed by atoms with van der Waals surface area (Å²) in [6.07, 6.45) is 3.04. The van der Waals surface area contributed by atoms with Crippen LogP contribution in [0.4, 0.5) is 5.13 Å². The molecule has 32 heavy (non-hydrogen) atoms. The molecule has 0 bridgehead atoms. The number of thiazole rings is 1. The third kappa shape index (κ3) is 3.89. The smallest absolute Gasteiger partial charge is 0.258 e. The first kappa shape index (κ1) is 20.4. The highest BCUT2D eigenvalue weighted by molar-refractivity contribution is 7.22. The summed E-state index contributed by atoms with van der Waals surface area (Å²) in [6, 6.07) is 17.3. The second kappa shape index (κ2) is 8.55. The van der Waals surface area contributed by atoms with E-state index in [1.165, 1.54) is 11.3 Å². The Bertz CT molecular complexity index is 1250. The number of hydrogen-bond donors (Lipinski definition) is 1. The molecule has 2 aromatic carbocycles. The number of nitrogens with one attached hydrogen (secondary N) is 1. The Morgan fingerprint density at radius 1 is 1.12 bits per heavy atom. The molecule has 1 unspecified atom stereocenters. The van der Waals surface area contributed by atoms with Crippen LogP contribution in [0, 0.1) is 6.92 Å². The third-order valence-electron chi connectivity index (χ3n) is 5.85. The minimum Gasteiger partial charge on any atom is -0.326 e. The number of hydrogen-bond acceptors (Lipinski definition) is 5. The average molecular weight is 446 g/mol. The normalized spacial score (nSPS) is 15.9. The standard InChI is InChI=1S/C24H23N5O2S/c1-16-18(14-25-29(16)15-17-8-3-2-4-9-17)23(31)28-13-7-11-20(28)22(30)27-24-26-19-10-5-6-12-21(19)32-24/h2-6,8-10,12,14,20H,7,11,13,15H2,1H3,(H,26,27,30). The van der Waals surface area contributed by atoms with Crippen LogP contribution >= 0.6 is 11.3 Å². The van der Waals surface area contributed by atoms with Gasteiger partial charge in [-0.3, -0.25) is 14.3 Å². The second-order valence-corrected chi connectivity index (χ2v) is 8.95. The first-order valence-electron chi connectivity index (χ1n) is 10.6. The molecular weight excluding hydrogens is 422 g/mol. The van der Waals surface area contributed by atoms with Crippen molar-refractivity contribution in [2.75, 3.05) is 11.9 Å². The van der Waals surface area contributed by atoms with Crippen molar-refractivity contribution in [3.05, 3.63) is 77.6 Å². The number of carbonyl (C=O) groups is 2. The molecule has 1 atom stereocenters. The van der Waals surface area contributed by atoms with Crippen molar-refractivity contribution in [1.29, 1.82) is 0 Å². The van der Waals surface area contributed by atoms with Crippen molar-refractivity contribution in [2.24, 2.45) is 0 Å². The lowest BCUT2D eigenvalue weighted by Gasteiger charge is -2.23. The molecule has 8 heteroatoms. The van der Waals surface area contributed by atoms with Gasteiger partial charge in [-0.2, -0.15) is 5.10 Å². The van der Waals surface area contributed by atoms with E-state index in [2.05, 4.69) is 15.4 Å². The summed E-state index contributed by atoms with van der Waals surface area (Å²) in [7, 11) is 0. The molecule has 0 spiro atoms. The van der Waals surface area contributed by atoms with Gasteiger partial charge in [-0.05, 0) is 37.5 Å². The summed E-state index contributed by atoms with van der Waals surface area (Å²) < 4.78 is 2.85. The maximum absolute atomic E-state index is 13.3. The number of rotatable bonds is 5. The predicted octanol–water partition coefficient (Wildman–Crippen LogP) is 4.09. The quantitative estimate of drug-likeness (QED) is 0.502. The van der Waals surface area contributed by atoms with Crippen molar-refractivity contribution in [3.63, 3.8) is 0 Å². The molecule has 1 N–H and O–H groups in total. The SMILES string of the molecule is Cc1c(C(=O)N2CCCC2C(=O)Nc2nc3ccccc3s2)cnn1Cc1ccccc1. The molecule has 1 aliphatic rings. The highest BCUT2D eigenvalue weighted by atomic mass is 32.1. The van der Waals surface area contributed by atoms with Gasteiger partial charge in [0.25, 0.3) is 5.91 Å². The van der Waals surface area contributed by atoms with Gasteiger partial charge in [0.15, 0.2) is 5.13 Å². The maximum Gasteiger partial charge on any atom is 0.258 e. The Hall–Kier alpha value is -3.52. The number of aromatic nitrogens is 3. The Balaban J connectivity index is 1.31. The van der Waals surface area contributed by atoms with Gasteiger partial charge < -0.3 is 10.2 Å². The Labute approximate surface area is 189 Å². The van der Waals surface area contributed by atoms with Gasteiger partial charge in [-0.25, -0.2) is 4.98 Å². The summed E-state index contributed by atoms with van der Waals surface area (Å²) in [5.74, 6) is -0.340. The van der Waals surface area contributed by atoms with Crippen LogP contribution in [0.5, 0.6) is 0 Å². The molecule has 0 aliphatic carbocycles. The van der Waals surface area contributed by atoms with Crippen LogP contribution in [0.2, 0.25) is 0 Å². The molecule has 4 aromatic rings. The number of anilines is 1. The molecule has 7 nitrogen and oxygen atoms in total. The van der Waals surface area contributed by atoms with Crippen molar-refractivity contribution >= 4 is 38.5 Å². The van der Waals surface area contributed by atoms with Gasteiger partial charge >= 0.3 is 0 Å². The lowest BCUT2D eigenvalue weighted by molar-refractivity contribution is -0.119. The highest BCUT2D eigenvalue weighted by Crippen LogP contribution is 2.27. The molecule has 1 aliphatic heterocycles. The van der Waals surface area contributed by atoms with Crippen LogP contribution in [0.25, 0.3) is 10.2 Å². The van der Waals surface area contributed by atoms with Crippen LogP contribution in [0.15, 0.2) is 60.8 Å². The first-order valence-corrected chi connectivity index (χ1v) is 11.5. The van der Waals surface area contributed by atoms with Crippen molar-refractivity contribution in [1.82, 2.24) is 19.7 Å². The van der Waals surface area contributed by atoms with Crippen LogP contribution in [-0.2, 0) is 11.3 Å². The number of benzene rings is 2. The van der Waals surface area contributed by atoms with Gasteiger partial charge in [-0.1, -0.05) is 53.8 Å². The Morgan fingerprint density at radius 3 is 2.72 bits per heavy atom. The van der Waals surface area contributed by atoms with Crippen molar-refractivity contribution in [3.8, 4) is 0 Å². The van der Waals surface area contributed by atoms with Gasteiger partial charge in [0.1, 0.15) is 6.04 Å². The summed E-state index contributed by atoms with van der Waals surface area (Å²) in [5.41, 5.74) is 3.32. The van der Waals surface area contributed by atoms with E-state index < -0.39 is 6.04 Å². The predicted molar refractivity (Wildman–Crippen MR) is 125 cm³/mol. The fraction of sp³-hybridized carbons (Fsp3) is 0.250. The molecule has 2 amide bonds. The highest BCUT2D eigenvalue weighted by Gasteiger charge is 2.36. The number of likely N-dealkylation sites (tertiary alicyclic amines) is 1. The van der Waals surface area contributed by atoms with Gasteiger partial charge in [-0.15, -0.1) is 0 Å². The van der Waals surface area contributed by atoms with Crippen molar-refractivity contribution < 1.29 is 9.59 Å². The van der Waals surface area contributed by atoms with E-state index in [-0.39, 0.29) is 11.8 Å². The summed E-state index contributed by atoms with van der Waals surface area (Å²) in [5, 5.41) is 7.90. The largest absolute Gasteiger partial charge is 0.326 e. The lowest BCUT2D eigenvalue weighted by atomic mass is 10.1. The molecule has 3 heterocycles. The van der Waals surface area contributed by atoms with Gasteiger partial charge in [0.2, 0.25) is 5.91 Å². The Kier molecular flexibility index (Phi) is 5.45. The Morgan fingerprint density at radius 2 is 1.91 bits per heavy atom. The number of amides is 2. The molecule has 162 valence electrons. The van der Waals surface area contributed by atoms with E-state index in [0.717, 1.165) is 27.9 Å². The van der Waals surface area contributed by atoms with Gasteiger partial charge in [0.05, 0.1) is 28.5 Å². The van der Waals surface area contributed by atoms with Crippen LogP contribution in [0.1, 0.15) is 34.5 Å². The summed E-state index contributed by atoms with van der Waals surface area (Å²) in [6.45, 7) is 3.05. The van der Waals surface area contributed by atoms with E-state index in [1.54, 1.807) is 11.1 Å². The zero-order valence-electron chi connectivity index (χ0n) is 17.7. The fourth-order valence-electron chi connectivity index (χ4n) is 4.12. The minimum atomic E-state index is -0.508. The monoisotopic (exact) mass is 445 g/mol. The fourth-order valence-corrected chi connectivity index (χ4v) is 4.99. The molecule has 1 fully saturated rings. The van der Waals surface area contributed by atoms with E-state index in [1.807, 2.05) is 66.2 Å². The molecule has 0 radical (unpaired) electrons. The van der Waals surface area contributed by atoms with Crippen molar-refractivity contribution in [2.45, 2.75) is 32.4 Å². The minimum absolute atomic E-state index is 0.149. The van der Waals surface area contributed by atoms with E-state index in [9.17, 15) is 9.59 Å². The third-order valence-corrected chi connectivity index (χ3v) is 6.80. The van der Waals surface area contributed by atoms with Crippen LogP contribution in [-0.4, -0.2) is 44.1 Å². The van der Waals surface area contributed by atoms with E-state index >= 15 is 0 Å². The average Bonchev–Trinajstić information content (AvgIpc) is 3.53. The molecule has 5 rings (SSSR count). The van der Waals surface area contributed by atoms with Gasteiger partial charge in [0, 0.05) is 12.2 Å². The summed E-state index contributed by atoms with van der Waals surface area (Å²) in [4.78, 5) is 32.5. The number of fused-ring (bicyclic) bond motifs is 1. The summed E-state index contributed by atoms with van der Waals surface area (Å²) >= 11 is 1.44. The lowest BCUT2D eigenvalue weighted by Crippen LogP contribution is -2.43. The van der Waals surface area contributed by atoms with Crippen LogP contribution < -0.4 is 5.32 Å². The van der Waals surface area contributed by atoms with E-state index in [4.69, 9.17) is 0 Å². The number of nitrogens with zero attached hydrogens (tertiary/aromatic N) is 4. The molecule has 2 aromatic heterocycles. The topological polar surface area (TPSA) is 80.1 Å². The molecule has 1 saturated heterocycles. The zero-order chi connectivity index (χ0) is 22.1. The molecular formula is C24H23N5O2S. The number of para-hydroxylation sites is 1. The zero-order valence-corrected chi connectivity index (χ0v) is 18.5.